The Bertz CT molecular complexity index is 1070. The van der Waals surface area contributed by atoms with E-state index in [1.165, 1.54) is 18.2 Å². The van der Waals surface area contributed by atoms with Crippen LogP contribution in [0.15, 0.2) is 47.4 Å². The highest BCUT2D eigenvalue weighted by Crippen LogP contribution is 2.39. The largest absolute Gasteiger partial charge is 0.354 e. The van der Waals surface area contributed by atoms with Crippen LogP contribution in [0.3, 0.4) is 0 Å². The molecule has 0 fully saturated rings. The second-order valence-electron chi connectivity index (χ2n) is 6.80. The molecule has 0 bridgehead atoms. The third-order valence-corrected chi connectivity index (χ3v) is 7.06. The summed E-state index contributed by atoms with van der Waals surface area (Å²) in [6, 6.07) is 9.23. The van der Waals surface area contributed by atoms with Gasteiger partial charge in [-0.2, -0.15) is 0 Å². The normalized spacial score (nSPS) is 16.4. The highest BCUT2D eigenvalue weighted by atomic mass is 35.5. The topological polar surface area (TPSA) is 95.6 Å². The summed E-state index contributed by atoms with van der Waals surface area (Å²) in [7, 11) is -4.31. The maximum Gasteiger partial charge on any atom is 0.266 e. The maximum atomic E-state index is 13.6. The Morgan fingerprint density at radius 3 is 2.55 bits per heavy atom. The summed E-state index contributed by atoms with van der Waals surface area (Å²) in [6.07, 6.45) is -0.351. The smallest absolute Gasteiger partial charge is 0.266 e. The van der Waals surface area contributed by atoms with Crippen LogP contribution < -0.4 is 14.9 Å². The van der Waals surface area contributed by atoms with Crippen LogP contribution in [0.1, 0.15) is 20.3 Å². The third kappa shape index (κ3) is 4.19. The number of para-hydroxylation sites is 2. The number of nitrogens with one attached hydrogen (secondary N) is 2. The molecular weight excluding hydrogens is 437 g/mol. The minimum atomic E-state index is -4.31. The lowest BCUT2D eigenvalue weighted by Gasteiger charge is -2.37. The average molecular weight is 456 g/mol. The summed E-state index contributed by atoms with van der Waals surface area (Å²) in [5.41, 5.74) is 0.560. The molecule has 3 rings (SSSR count). The summed E-state index contributed by atoms with van der Waals surface area (Å²) in [5.74, 6) is -1.05. The van der Waals surface area contributed by atoms with Gasteiger partial charge in [-0.1, -0.05) is 41.4 Å². The van der Waals surface area contributed by atoms with E-state index in [-0.39, 0.29) is 33.1 Å². The van der Waals surface area contributed by atoms with Crippen LogP contribution in [0.2, 0.25) is 10.0 Å². The molecule has 1 heterocycles. The summed E-state index contributed by atoms with van der Waals surface area (Å²) < 4.78 is 28.1. The first-order chi connectivity index (χ1) is 13.6. The number of rotatable bonds is 5. The van der Waals surface area contributed by atoms with Gasteiger partial charge in [0.05, 0.1) is 27.8 Å². The van der Waals surface area contributed by atoms with Crippen LogP contribution >= 0.6 is 23.2 Å². The van der Waals surface area contributed by atoms with Crippen LogP contribution in [-0.2, 0) is 19.6 Å². The van der Waals surface area contributed by atoms with E-state index in [9.17, 15) is 18.0 Å². The van der Waals surface area contributed by atoms with E-state index in [1.807, 2.05) is 0 Å². The number of benzene rings is 2. The number of sulfonamides is 1. The molecule has 0 aromatic heterocycles. The van der Waals surface area contributed by atoms with Gasteiger partial charge in [0.15, 0.2) is 0 Å². The molecule has 0 saturated carbocycles. The van der Waals surface area contributed by atoms with Gasteiger partial charge in [-0.15, -0.1) is 0 Å². The standard InChI is InChI=1S/C19H19Cl2N3O4S/c1-11(2)22-17(25)10-15-19(26)23-13-7-3-4-8-14(13)24(15)29(27,28)16-9-5-6-12(20)18(16)21/h3-9,11,15H,10H2,1-2H3,(H,22,25)(H,23,26). The molecule has 2 N–H and O–H groups in total. The van der Waals surface area contributed by atoms with Gasteiger partial charge in [0, 0.05) is 6.04 Å². The van der Waals surface area contributed by atoms with Gasteiger partial charge in [0.2, 0.25) is 11.8 Å². The Balaban J connectivity index is 2.15. The fraction of sp³-hybridized carbons (Fsp3) is 0.263. The predicted octanol–water partition coefficient (Wildman–Crippen LogP) is 3.42. The van der Waals surface area contributed by atoms with Gasteiger partial charge in [0.1, 0.15) is 10.9 Å². The molecule has 0 spiro atoms. The lowest BCUT2D eigenvalue weighted by Crippen LogP contribution is -2.53. The van der Waals surface area contributed by atoms with Crippen LogP contribution in [0.4, 0.5) is 11.4 Å². The molecule has 2 aromatic carbocycles. The number of halogens is 2. The van der Waals surface area contributed by atoms with E-state index in [4.69, 9.17) is 23.2 Å². The molecule has 0 saturated heterocycles. The first-order valence-electron chi connectivity index (χ1n) is 8.80. The molecular formula is C19H19Cl2N3O4S. The predicted molar refractivity (Wildman–Crippen MR) is 113 cm³/mol. The summed E-state index contributed by atoms with van der Waals surface area (Å²) >= 11 is 12.2. The lowest BCUT2D eigenvalue weighted by molar-refractivity contribution is -0.125. The SMILES string of the molecule is CC(C)NC(=O)CC1C(=O)Nc2ccccc2N1S(=O)(=O)c1cccc(Cl)c1Cl. The van der Waals surface area contributed by atoms with Crippen LogP contribution in [0, 0.1) is 0 Å². The molecule has 29 heavy (non-hydrogen) atoms. The molecule has 1 atom stereocenters. The minimum Gasteiger partial charge on any atom is -0.354 e. The van der Waals surface area contributed by atoms with Crippen LogP contribution in [0.5, 0.6) is 0 Å². The molecule has 1 aliphatic heterocycles. The number of amides is 2. The Morgan fingerprint density at radius 1 is 1.17 bits per heavy atom. The van der Waals surface area contributed by atoms with E-state index < -0.39 is 27.9 Å². The molecule has 7 nitrogen and oxygen atoms in total. The van der Waals surface area contributed by atoms with Crippen molar-refractivity contribution in [2.45, 2.75) is 37.2 Å². The molecule has 0 radical (unpaired) electrons. The molecule has 0 aliphatic carbocycles. The fourth-order valence-corrected chi connectivity index (χ4v) is 5.45. The quantitative estimate of drug-likeness (QED) is 0.721. The van der Waals surface area contributed by atoms with E-state index in [1.54, 1.807) is 38.1 Å². The fourth-order valence-electron chi connectivity index (χ4n) is 3.08. The Hall–Kier alpha value is -2.29. The number of hydrogen-bond acceptors (Lipinski definition) is 4. The first kappa shape index (κ1) is 21.4. The number of nitrogens with zero attached hydrogens (tertiary/aromatic N) is 1. The van der Waals surface area contributed by atoms with Crippen molar-refractivity contribution in [2.24, 2.45) is 0 Å². The van der Waals surface area contributed by atoms with Crippen LogP contribution in [-0.4, -0.2) is 32.3 Å². The summed E-state index contributed by atoms with van der Waals surface area (Å²) in [4.78, 5) is 24.9. The monoisotopic (exact) mass is 455 g/mol. The van der Waals surface area contributed by atoms with Gasteiger partial charge < -0.3 is 10.6 Å². The minimum absolute atomic E-state index is 0.0663. The van der Waals surface area contributed by atoms with Crippen molar-refractivity contribution in [1.29, 1.82) is 0 Å². The van der Waals surface area contributed by atoms with Gasteiger partial charge in [-0.05, 0) is 38.1 Å². The Labute approximate surface area is 179 Å². The van der Waals surface area contributed by atoms with Crippen molar-refractivity contribution in [3.63, 3.8) is 0 Å². The molecule has 154 valence electrons. The van der Waals surface area contributed by atoms with Crippen molar-refractivity contribution >= 4 is 56.4 Å². The Morgan fingerprint density at radius 2 is 1.86 bits per heavy atom. The number of fused-ring (bicyclic) bond motifs is 1. The second-order valence-corrected chi connectivity index (χ2v) is 9.37. The maximum absolute atomic E-state index is 13.6. The molecule has 2 aromatic rings. The summed E-state index contributed by atoms with van der Waals surface area (Å²) in [6.45, 7) is 3.54. The zero-order valence-corrected chi connectivity index (χ0v) is 18.0. The molecule has 1 aliphatic rings. The zero-order chi connectivity index (χ0) is 21.3. The van der Waals surface area contributed by atoms with Gasteiger partial charge in [0.25, 0.3) is 10.0 Å². The van der Waals surface area contributed by atoms with Crippen molar-refractivity contribution in [1.82, 2.24) is 5.32 Å². The van der Waals surface area contributed by atoms with E-state index >= 15 is 0 Å². The van der Waals surface area contributed by atoms with E-state index in [0.717, 1.165) is 4.31 Å². The van der Waals surface area contributed by atoms with E-state index in [0.29, 0.717) is 5.69 Å². The van der Waals surface area contributed by atoms with E-state index in [2.05, 4.69) is 10.6 Å². The highest BCUT2D eigenvalue weighted by Gasteiger charge is 2.42. The molecule has 10 heteroatoms. The number of hydrogen-bond donors (Lipinski definition) is 2. The Kier molecular flexibility index (Phi) is 6.07. The average Bonchev–Trinajstić information content (AvgIpc) is 2.63. The first-order valence-corrected chi connectivity index (χ1v) is 11.0. The van der Waals surface area contributed by atoms with Crippen molar-refractivity contribution in [2.75, 3.05) is 9.62 Å². The highest BCUT2D eigenvalue weighted by molar-refractivity contribution is 7.93. The number of carbonyl (C=O) groups excluding carboxylic acids is 2. The number of carbonyl (C=O) groups is 2. The van der Waals surface area contributed by atoms with Crippen molar-refractivity contribution in [3.8, 4) is 0 Å². The van der Waals surface area contributed by atoms with Crippen molar-refractivity contribution < 1.29 is 18.0 Å². The van der Waals surface area contributed by atoms with Gasteiger partial charge in [-0.25, -0.2) is 8.42 Å². The summed E-state index contributed by atoms with van der Waals surface area (Å²) in [5, 5.41) is 5.26. The van der Waals surface area contributed by atoms with Gasteiger partial charge in [-0.3, -0.25) is 13.9 Å². The lowest BCUT2D eigenvalue weighted by atomic mass is 10.1. The van der Waals surface area contributed by atoms with Gasteiger partial charge >= 0.3 is 0 Å². The second kappa shape index (κ2) is 8.22. The molecule has 1 unspecified atom stereocenters. The zero-order valence-electron chi connectivity index (χ0n) is 15.6. The molecule has 2 amide bonds. The van der Waals surface area contributed by atoms with Crippen LogP contribution in [0.25, 0.3) is 0 Å². The van der Waals surface area contributed by atoms with Crippen molar-refractivity contribution in [3.05, 3.63) is 52.5 Å². The third-order valence-electron chi connectivity index (χ3n) is 4.27. The number of anilines is 2.